The minimum Gasteiger partial charge on any atom is -0.396 e. The Balaban J connectivity index is 0.000000502. The van der Waals surface area contributed by atoms with Gasteiger partial charge in [0.2, 0.25) is 0 Å². The van der Waals surface area contributed by atoms with E-state index < -0.39 is 0 Å². The van der Waals surface area contributed by atoms with Crippen molar-refractivity contribution in [1.29, 1.82) is 0 Å². The Bertz CT molecular complexity index is 889. The molecule has 0 bridgehead atoms. The Hall–Kier alpha value is -1.56. The van der Waals surface area contributed by atoms with Crippen LogP contribution in [0.5, 0.6) is 0 Å². The number of unbranched alkanes of at least 4 members (excludes halogenated alkanes) is 3. The summed E-state index contributed by atoms with van der Waals surface area (Å²) < 4.78 is 3.22. The van der Waals surface area contributed by atoms with Gasteiger partial charge < -0.3 is 15.3 Å². The molecule has 0 aliphatic rings. The molecule has 0 heterocycles. The van der Waals surface area contributed by atoms with Crippen molar-refractivity contribution >= 4 is 47.8 Å². The first-order valence-electron chi connectivity index (χ1n) is 10.5. The molecule has 33 heavy (non-hydrogen) atoms. The molecular formula is C27H27Br3O3. The summed E-state index contributed by atoms with van der Waals surface area (Å²) in [6.07, 6.45) is 3.96. The lowest BCUT2D eigenvalue weighted by atomic mass is 10.1. The number of hydrogen-bond acceptors (Lipinski definition) is 3. The molecule has 2 aromatic rings. The highest BCUT2D eigenvalue weighted by Gasteiger charge is 1.96. The van der Waals surface area contributed by atoms with E-state index in [2.05, 4.69) is 83.3 Å². The van der Waals surface area contributed by atoms with Crippen LogP contribution >= 0.6 is 47.8 Å². The van der Waals surface area contributed by atoms with Crippen LogP contribution in [0.4, 0.5) is 0 Å². The van der Waals surface area contributed by atoms with Crippen molar-refractivity contribution in [2.75, 3.05) is 19.8 Å². The minimum atomic E-state index is 0.145. The van der Waals surface area contributed by atoms with E-state index in [1.54, 1.807) is 0 Å². The largest absolute Gasteiger partial charge is 0.396 e. The normalized spacial score (nSPS) is 9.27. The zero-order valence-corrected chi connectivity index (χ0v) is 23.1. The van der Waals surface area contributed by atoms with Gasteiger partial charge in [0.15, 0.2) is 0 Å². The second kappa shape index (κ2) is 18.8. The van der Waals surface area contributed by atoms with Crippen molar-refractivity contribution in [3.8, 4) is 35.5 Å². The van der Waals surface area contributed by atoms with Crippen LogP contribution in [0.15, 0.2) is 49.8 Å². The number of aliphatic hydroxyl groups excluding tert-OH is 3. The van der Waals surface area contributed by atoms with Gasteiger partial charge in [-0.2, -0.15) is 0 Å². The molecule has 0 amide bonds. The molecule has 2 aromatic carbocycles. The fourth-order valence-electron chi connectivity index (χ4n) is 2.36. The monoisotopic (exact) mass is 636 g/mol. The Morgan fingerprint density at radius 2 is 0.758 bits per heavy atom. The number of benzene rings is 2. The molecule has 0 saturated heterocycles. The zero-order valence-electron chi connectivity index (χ0n) is 18.3. The maximum atomic E-state index is 8.79. The molecule has 0 aliphatic heterocycles. The maximum Gasteiger partial charge on any atom is 0.0440 e. The second-order valence-corrected chi connectivity index (χ2v) is 9.52. The number of halogens is 3. The predicted molar refractivity (Wildman–Crippen MR) is 146 cm³/mol. The van der Waals surface area contributed by atoms with E-state index in [0.717, 1.165) is 30.1 Å². The van der Waals surface area contributed by atoms with Gasteiger partial charge in [0.1, 0.15) is 0 Å². The van der Waals surface area contributed by atoms with E-state index in [0.29, 0.717) is 38.5 Å². The summed E-state index contributed by atoms with van der Waals surface area (Å²) in [5.74, 6) is 18.4. The number of hydrogen-bond donors (Lipinski definition) is 3. The van der Waals surface area contributed by atoms with Gasteiger partial charge in [-0.1, -0.05) is 83.3 Å². The lowest BCUT2D eigenvalue weighted by Crippen LogP contribution is -1.86. The topological polar surface area (TPSA) is 60.7 Å². The molecule has 6 heteroatoms. The molecule has 174 valence electrons. The van der Waals surface area contributed by atoms with Gasteiger partial charge in [-0.3, -0.25) is 0 Å². The molecule has 3 nitrogen and oxygen atoms in total. The van der Waals surface area contributed by atoms with Crippen molar-refractivity contribution in [3.63, 3.8) is 0 Å². The van der Waals surface area contributed by atoms with Crippen molar-refractivity contribution in [3.05, 3.63) is 66.5 Å². The Labute approximate surface area is 222 Å². The number of aliphatic hydroxyl groups is 3. The summed E-state index contributed by atoms with van der Waals surface area (Å²) in [7, 11) is 0. The lowest BCUT2D eigenvalue weighted by molar-refractivity contribution is 0.290. The van der Waals surface area contributed by atoms with Crippen LogP contribution in [0.2, 0.25) is 0 Å². The van der Waals surface area contributed by atoms with Crippen LogP contribution < -0.4 is 0 Å². The molecule has 0 unspecified atom stereocenters. The van der Waals surface area contributed by atoms with Gasteiger partial charge >= 0.3 is 0 Å². The molecule has 0 aliphatic carbocycles. The highest BCUT2D eigenvalue weighted by molar-refractivity contribution is 9.11. The van der Waals surface area contributed by atoms with Crippen molar-refractivity contribution in [1.82, 2.24) is 0 Å². The standard InChI is InChI=1S/C21H24O3.C6H3Br3/c22-13-7-1-4-10-19-16-20(11-5-2-8-14-23)18-21(17-19)12-6-3-9-15-24;7-4-1-5(8)3-6(9)2-4/h16-18,22-24H,1-3,7-9,13-15H2;1-3H. The Morgan fingerprint density at radius 3 is 1.00 bits per heavy atom. The van der Waals surface area contributed by atoms with Crippen molar-refractivity contribution in [2.45, 2.75) is 38.5 Å². The highest BCUT2D eigenvalue weighted by atomic mass is 79.9. The van der Waals surface area contributed by atoms with Crippen LogP contribution in [0.1, 0.15) is 55.2 Å². The Kier molecular flexibility index (Phi) is 16.8. The summed E-state index contributed by atoms with van der Waals surface area (Å²) in [6.45, 7) is 0.436. The van der Waals surface area contributed by atoms with Gasteiger partial charge in [-0.25, -0.2) is 0 Å². The highest BCUT2D eigenvalue weighted by Crippen LogP contribution is 2.23. The third kappa shape index (κ3) is 15.1. The molecule has 3 N–H and O–H groups in total. The quantitative estimate of drug-likeness (QED) is 0.267. The van der Waals surface area contributed by atoms with Crippen LogP contribution in [-0.4, -0.2) is 35.1 Å². The number of rotatable bonds is 6. The average molecular weight is 639 g/mol. The summed E-state index contributed by atoms with van der Waals surface area (Å²) >= 11 is 10.1. The van der Waals surface area contributed by atoms with E-state index in [-0.39, 0.29) is 19.8 Å². The first-order valence-corrected chi connectivity index (χ1v) is 12.9. The first-order chi connectivity index (χ1) is 16.0. The summed E-state index contributed by atoms with van der Waals surface area (Å²) in [5, 5.41) is 26.4. The minimum absolute atomic E-state index is 0.145. The van der Waals surface area contributed by atoms with Crippen molar-refractivity contribution in [2.24, 2.45) is 0 Å². The molecule has 0 spiro atoms. The van der Waals surface area contributed by atoms with E-state index in [1.165, 1.54) is 0 Å². The SMILES string of the molecule is Brc1cc(Br)cc(Br)c1.OCCCC#Cc1cc(C#CCCCO)cc(C#CCCCO)c1. The van der Waals surface area contributed by atoms with Gasteiger partial charge in [0.05, 0.1) is 0 Å². The van der Waals surface area contributed by atoms with Gasteiger partial charge in [0, 0.05) is 69.2 Å². The van der Waals surface area contributed by atoms with Crippen LogP contribution in [0.3, 0.4) is 0 Å². The molecule has 0 radical (unpaired) electrons. The van der Waals surface area contributed by atoms with Crippen molar-refractivity contribution < 1.29 is 15.3 Å². The van der Waals surface area contributed by atoms with E-state index in [9.17, 15) is 0 Å². The van der Waals surface area contributed by atoms with Gasteiger partial charge in [0.25, 0.3) is 0 Å². The molecule has 0 fully saturated rings. The van der Waals surface area contributed by atoms with Gasteiger partial charge in [-0.05, 0) is 55.7 Å². The lowest BCUT2D eigenvalue weighted by Gasteiger charge is -1.97. The summed E-state index contributed by atoms with van der Waals surface area (Å²) in [5.41, 5.74) is 2.56. The fourth-order valence-corrected chi connectivity index (χ4v) is 4.76. The van der Waals surface area contributed by atoms with Gasteiger partial charge in [-0.15, -0.1) is 0 Å². The smallest absolute Gasteiger partial charge is 0.0440 e. The third-order valence-corrected chi connectivity index (χ3v) is 5.21. The first kappa shape index (κ1) is 29.5. The third-order valence-electron chi connectivity index (χ3n) is 3.84. The molecule has 0 saturated carbocycles. The average Bonchev–Trinajstić information content (AvgIpc) is 2.77. The van der Waals surface area contributed by atoms with Crippen LogP contribution in [-0.2, 0) is 0 Å². The maximum absolute atomic E-state index is 8.79. The van der Waals surface area contributed by atoms with Crippen LogP contribution in [0, 0.1) is 35.5 Å². The summed E-state index contributed by atoms with van der Waals surface area (Å²) in [6, 6.07) is 11.8. The molecular weight excluding hydrogens is 612 g/mol. The van der Waals surface area contributed by atoms with E-state index in [4.69, 9.17) is 15.3 Å². The van der Waals surface area contributed by atoms with Crippen LogP contribution in [0.25, 0.3) is 0 Å². The molecule has 2 rings (SSSR count). The second-order valence-electron chi connectivity index (χ2n) is 6.77. The Morgan fingerprint density at radius 1 is 0.485 bits per heavy atom. The molecule has 0 aromatic heterocycles. The fraction of sp³-hybridized carbons (Fsp3) is 0.333. The zero-order chi connectivity index (χ0) is 24.3. The van der Waals surface area contributed by atoms with E-state index in [1.807, 2.05) is 36.4 Å². The summed E-state index contributed by atoms with van der Waals surface area (Å²) in [4.78, 5) is 0. The van der Waals surface area contributed by atoms with E-state index >= 15 is 0 Å². The predicted octanol–water partition coefficient (Wildman–Crippen LogP) is 6.03. The molecule has 0 atom stereocenters.